The number of carbonyl (C=O) groups excluding carboxylic acids is 2. The fourth-order valence-corrected chi connectivity index (χ4v) is 5.09. The lowest BCUT2D eigenvalue weighted by atomic mass is 10.0. The molecule has 0 bridgehead atoms. The Kier molecular flexibility index (Phi) is 7.28. The van der Waals surface area contributed by atoms with Crippen molar-refractivity contribution in [1.29, 1.82) is 0 Å². The highest BCUT2D eigenvalue weighted by Crippen LogP contribution is 2.33. The summed E-state index contributed by atoms with van der Waals surface area (Å²) < 4.78 is 7.83. The Labute approximate surface area is 195 Å². The van der Waals surface area contributed by atoms with Gasteiger partial charge in [0.1, 0.15) is 11.9 Å². The molecular weight excluding hydrogens is 416 g/mol. The van der Waals surface area contributed by atoms with Gasteiger partial charge in [0, 0.05) is 38.9 Å². The average molecular weight is 451 g/mol. The van der Waals surface area contributed by atoms with Crippen molar-refractivity contribution in [3.05, 3.63) is 48.8 Å². The number of hydrogen-bond donors (Lipinski definition) is 1. The van der Waals surface area contributed by atoms with Gasteiger partial charge in [0.2, 0.25) is 5.91 Å². The number of aryl methyl sites for hydroxylation is 1. The third kappa shape index (κ3) is 5.03. The minimum absolute atomic E-state index is 0.0102. The topological polar surface area (TPSA) is 76.5 Å². The molecule has 176 valence electrons. The first kappa shape index (κ1) is 23.2. The number of nitrogens with zero attached hydrogens (tertiary/aromatic N) is 3. The molecular formula is C26H34N4O3. The highest BCUT2D eigenvalue weighted by atomic mass is 16.5. The number of imidazole rings is 1. The molecule has 1 atom stereocenters. The number of aromatic nitrogens is 2. The fraction of sp³-hybridized carbons (Fsp3) is 0.500. The Balaban J connectivity index is 1.72. The minimum atomic E-state index is -0.145. The van der Waals surface area contributed by atoms with Gasteiger partial charge >= 0.3 is 0 Å². The summed E-state index contributed by atoms with van der Waals surface area (Å²) in [5.74, 6) is 1.11. The normalized spacial score (nSPS) is 18.5. The Hall–Kier alpha value is -2.93. The molecule has 2 heterocycles. The number of carbonyl (C=O) groups is 2. The van der Waals surface area contributed by atoms with Gasteiger partial charge in [-0.15, -0.1) is 13.2 Å². The molecule has 2 aliphatic rings. The summed E-state index contributed by atoms with van der Waals surface area (Å²) in [6.07, 6.45) is 10.4. The standard InChI is InChI=1S/C26H34N4O3/c1-4-12-30(13-5-2)26(32)20-16-19(27-23(31)15-18-9-6-7-10-18)17-21-24(20)29(3)25(28-21)22-11-8-14-33-22/h4-5,16-18,22H,1-2,6-15H2,3H3,(H,27,31). The number of amides is 2. The predicted molar refractivity (Wildman–Crippen MR) is 130 cm³/mol. The third-order valence-corrected chi connectivity index (χ3v) is 6.67. The molecule has 1 aromatic heterocycles. The molecule has 1 N–H and O–H groups in total. The lowest BCUT2D eigenvalue weighted by Crippen LogP contribution is -2.31. The lowest BCUT2D eigenvalue weighted by molar-refractivity contribution is -0.117. The number of benzene rings is 1. The average Bonchev–Trinajstić information content (AvgIpc) is 3.55. The summed E-state index contributed by atoms with van der Waals surface area (Å²) in [6.45, 7) is 9.09. The largest absolute Gasteiger partial charge is 0.370 e. The second-order valence-electron chi connectivity index (χ2n) is 9.11. The summed E-state index contributed by atoms with van der Waals surface area (Å²) in [6, 6.07) is 3.64. The Morgan fingerprint density at radius 2 is 1.91 bits per heavy atom. The van der Waals surface area contributed by atoms with Crippen molar-refractivity contribution < 1.29 is 14.3 Å². The number of ether oxygens (including phenoxy) is 1. The smallest absolute Gasteiger partial charge is 0.256 e. The van der Waals surface area contributed by atoms with E-state index in [2.05, 4.69) is 18.5 Å². The Morgan fingerprint density at radius 3 is 2.55 bits per heavy atom. The van der Waals surface area contributed by atoms with Gasteiger partial charge in [-0.2, -0.15) is 0 Å². The Morgan fingerprint density at radius 1 is 1.18 bits per heavy atom. The van der Waals surface area contributed by atoms with Gasteiger partial charge in [-0.1, -0.05) is 25.0 Å². The van der Waals surface area contributed by atoms with Crippen molar-refractivity contribution in [1.82, 2.24) is 14.5 Å². The monoisotopic (exact) mass is 450 g/mol. The molecule has 33 heavy (non-hydrogen) atoms. The van der Waals surface area contributed by atoms with E-state index in [1.54, 1.807) is 23.1 Å². The number of rotatable bonds is 9. The lowest BCUT2D eigenvalue weighted by Gasteiger charge is -2.21. The van der Waals surface area contributed by atoms with Crippen LogP contribution in [0.1, 0.15) is 67.2 Å². The van der Waals surface area contributed by atoms with E-state index in [4.69, 9.17) is 9.72 Å². The van der Waals surface area contributed by atoms with E-state index in [0.29, 0.717) is 48.8 Å². The number of anilines is 1. The molecule has 1 aromatic carbocycles. The molecule has 2 fully saturated rings. The van der Waals surface area contributed by atoms with Crippen LogP contribution < -0.4 is 5.32 Å². The van der Waals surface area contributed by atoms with Crippen LogP contribution in [0.3, 0.4) is 0 Å². The molecule has 4 rings (SSSR count). The van der Waals surface area contributed by atoms with Crippen molar-refractivity contribution >= 4 is 28.5 Å². The first-order valence-corrected chi connectivity index (χ1v) is 11.9. The highest BCUT2D eigenvalue weighted by molar-refractivity contribution is 6.07. The van der Waals surface area contributed by atoms with Gasteiger partial charge in [-0.25, -0.2) is 4.98 Å². The SMILES string of the molecule is C=CCN(CC=C)C(=O)c1cc(NC(=O)CC2CCCC2)cc2nc(C3CCCO3)n(C)c12. The van der Waals surface area contributed by atoms with Gasteiger partial charge in [-0.05, 0) is 43.7 Å². The molecule has 1 aliphatic heterocycles. The van der Waals surface area contributed by atoms with E-state index in [1.165, 1.54) is 12.8 Å². The van der Waals surface area contributed by atoms with Crippen LogP contribution >= 0.6 is 0 Å². The van der Waals surface area contributed by atoms with Gasteiger partial charge in [0.15, 0.2) is 0 Å². The molecule has 0 radical (unpaired) electrons. The van der Waals surface area contributed by atoms with E-state index in [9.17, 15) is 9.59 Å². The maximum atomic E-state index is 13.6. The molecule has 0 spiro atoms. The zero-order valence-corrected chi connectivity index (χ0v) is 19.5. The van der Waals surface area contributed by atoms with Crippen LogP contribution in [0, 0.1) is 5.92 Å². The van der Waals surface area contributed by atoms with E-state index < -0.39 is 0 Å². The number of hydrogen-bond acceptors (Lipinski definition) is 4. The van der Waals surface area contributed by atoms with E-state index in [-0.39, 0.29) is 17.9 Å². The van der Waals surface area contributed by atoms with Crippen LogP contribution in [-0.2, 0) is 16.6 Å². The van der Waals surface area contributed by atoms with Crippen molar-refractivity contribution in [3.63, 3.8) is 0 Å². The van der Waals surface area contributed by atoms with Crippen LogP contribution in [0.2, 0.25) is 0 Å². The maximum absolute atomic E-state index is 13.6. The number of nitrogens with one attached hydrogen (secondary N) is 1. The van der Waals surface area contributed by atoms with E-state index in [0.717, 1.165) is 37.0 Å². The molecule has 7 nitrogen and oxygen atoms in total. The summed E-state index contributed by atoms with van der Waals surface area (Å²) in [5.41, 5.74) is 2.54. The first-order valence-electron chi connectivity index (χ1n) is 11.9. The quantitative estimate of drug-likeness (QED) is 0.559. The van der Waals surface area contributed by atoms with Gasteiger partial charge in [-0.3, -0.25) is 9.59 Å². The van der Waals surface area contributed by atoms with Crippen LogP contribution in [0.25, 0.3) is 11.0 Å². The van der Waals surface area contributed by atoms with E-state index in [1.807, 2.05) is 17.7 Å². The van der Waals surface area contributed by atoms with Gasteiger partial charge in [0.05, 0.1) is 16.6 Å². The molecule has 7 heteroatoms. The third-order valence-electron chi connectivity index (χ3n) is 6.67. The van der Waals surface area contributed by atoms with Crippen LogP contribution in [0.5, 0.6) is 0 Å². The highest BCUT2D eigenvalue weighted by Gasteiger charge is 2.27. The molecule has 1 saturated heterocycles. The van der Waals surface area contributed by atoms with Crippen LogP contribution in [-0.4, -0.2) is 46.0 Å². The van der Waals surface area contributed by atoms with Crippen LogP contribution in [0.15, 0.2) is 37.4 Å². The second kappa shape index (κ2) is 10.3. The summed E-state index contributed by atoms with van der Waals surface area (Å²) in [7, 11) is 1.92. The van der Waals surface area contributed by atoms with Crippen molar-refractivity contribution in [2.45, 2.75) is 51.0 Å². The molecule has 1 aliphatic carbocycles. The Bertz CT molecular complexity index is 1040. The van der Waals surface area contributed by atoms with Crippen molar-refractivity contribution in [2.75, 3.05) is 25.0 Å². The summed E-state index contributed by atoms with van der Waals surface area (Å²) in [5, 5.41) is 3.03. The molecule has 1 saturated carbocycles. The summed E-state index contributed by atoms with van der Waals surface area (Å²) >= 11 is 0. The summed E-state index contributed by atoms with van der Waals surface area (Å²) in [4.78, 5) is 32.8. The van der Waals surface area contributed by atoms with Gasteiger partial charge in [0.25, 0.3) is 5.91 Å². The van der Waals surface area contributed by atoms with Crippen molar-refractivity contribution in [2.24, 2.45) is 13.0 Å². The van der Waals surface area contributed by atoms with E-state index >= 15 is 0 Å². The van der Waals surface area contributed by atoms with Crippen molar-refractivity contribution in [3.8, 4) is 0 Å². The van der Waals surface area contributed by atoms with Crippen LogP contribution in [0.4, 0.5) is 5.69 Å². The number of fused-ring (bicyclic) bond motifs is 1. The van der Waals surface area contributed by atoms with Gasteiger partial charge < -0.3 is 19.5 Å². The molecule has 1 unspecified atom stereocenters. The molecule has 2 aromatic rings. The fourth-order valence-electron chi connectivity index (χ4n) is 5.09. The first-order chi connectivity index (χ1) is 16.0. The second-order valence-corrected chi connectivity index (χ2v) is 9.11. The zero-order valence-electron chi connectivity index (χ0n) is 19.5. The zero-order chi connectivity index (χ0) is 23.4. The maximum Gasteiger partial charge on any atom is 0.256 e. The molecule has 2 amide bonds. The predicted octanol–water partition coefficient (Wildman–Crippen LogP) is 4.76. The minimum Gasteiger partial charge on any atom is -0.370 e.